The summed E-state index contributed by atoms with van der Waals surface area (Å²) in [6.45, 7) is 6.09. The second kappa shape index (κ2) is 7.86. The highest BCUT2D eigenvalue weighted by Crippen LogP contribution is 2.29. The van der Waals surface area contributed by atoms with Crippen molar-refractivity contribution in [1.29, 1.82) is 0 Å². The van der Waals surface area contributed by atoms with Gasteiger partial charge in [0.25, 0.3) is 0 Å². The van der Waals surface area contributed by atoms with Crippen LogP contribution in [0.4, 0.5) is 10.1 Å². The minimum Gasteiger partial charge on any atom is -0.461 e. The lowest BCUT2D eigenvalue weighted by Crippen LogP contribution is -2.39. The van der Waals surface area contributed by atoms with Crippen LogP contribution in [0.25, 0.3) is 10.9 Å². The minimum atomic E-state index is -0.578. The molecule has 1 aliphatic rings. The van der Waals surface area contributed by atoms with Gasteiger partial charge >= 0.3 is 5.97 Å². The number of carbonyl (C=O) groups is 2. The molecule has 2 aromatic rings. The molecule has 0 aliphatic carbocycles. The van der Waals surface area contributed by atoms with Crippen LogP contribution in [0.15, 0.2) is 18.2 Å². The Labute approximate surface area is 151 Å². The fraction of sp³-hybridized carbons (Fsp3) is 0.474. The number of anilines is 1. The Kier molecular flexibility index (Phi) is 5.56. The Bertz CT molecular complexity index is 818. The van der Waals surface area contributed by atoms with Crippen molar-refractivity contribution in [3.63, 3.8) is 0 Å². The Morgan fingerprint density at radius 3 is 2.96 bits per heavy atom. The molecule has 1 aromatic carbocycles. The molecule has 26 heavy (non-hydrogen) atoms. The van der Waals surface area contributed by atoms with E-state index in [1.165, 1.54) is 24.6 Å². The normalized spacial score (nSPS) is 18.0. The van der Waals surface area contributed by atoms with Gasteiger partial charge in [-0.05, 0) is 50.4 Å². The number of likely N-dealkylation sites (tertiary alicyclic amines) is 1. The highest BCUT2D eigenvalue weighted by Gasteiger charge is 2.23. The SMILES string of the molecule is CCOC(=O)c1[nH]c2ccc(F)cc2c1NC(=O)CN1CCCC(C)C1. The number of aromatic nitrogens is 1. The van der Waals surface area contributed by atoms with Crippen molar-refractivity contribution in [3.05, 3.63) is 29.7 Å². The first-order chi connectivity index (χ1) is 12.5. The molecule has 2 heterocycles. The zero-order chi connectivity index (χ0) is 18.7. The lowest BCUT2D eigenvalue weighted by molar-refractivity contribution is -0.117. The maximum Gasteiger partial charge on any atom is 0.356 e. The van der Waals surface area contributed by atoms with E-state index in [9.17, 15) is 14.0 Å². The van der Waals surface area contributed by atoms with Crippen LogP contribution in [-0.2, 0) is 9.53 Å². The molecule has 1 aromatic heterocycles. The second-order valence-electron chi connectivity index (χ2n) is 6.82. The molecular formula is C19H24FN3O3. The number of piperidine rings is 1. The molecule has 1 saturated heterocycles. The smallest absolute Gasteiger partial charge is 0.356 e. The topological polar surface area (TPSA) is 74.4 Å². The first kappa shape index (κ1) is 18.4. The van der Waals surface area contributed by atoms with Crippen molar-refractivity contribution in [2.75, 3.05) is 31.6 Å². The van der Waals surface area contributed by atoms with Crippen molar-refractivity contribution in [3.8, 4) is 0 Å². The number of nitrogens with zero attached hydrogens (tertiary/aromatic N) is 1. The molecule has 6 nitrogen and oxygen atoms in total. The molecule has 1 unspecified atom stereocenters. The van der Waals surface area contributed by atoms with Crippen LogP contribution >= 0.6 is 0 Å². The summed E-state index contributed by atoms with van der Waals surface area (Å²) < 4.78 is 18.7. The minimum absolute atomic E-state index is 0.132. The molecule has 1 aliphatic heterocycles. The Morgan fingerprint density at radius 2 is 2.23 bits per heavy atom. The van der Waals surface area contributed by atoms with E-state index in [2.05, 4.69) is 22.1 Å². The number of amides is 1. The number of aromatic amines is 1. The van der Waals surface area contributed by atoms with E-state index in [0.717, 1.165) is 19.5 Å². The van der Waals surface area contributed by atoms with Gasteiger partial charge in [0.2, 0.25) is 5.91 Å². The summed E-state index contributed by atoms with van der Waals surface area (Å²) in [5.74, 6) is -0.679. The van der Waals surface area contributed by atoms with Crippen LogP contribution in [0.2, 0.25) is 0 Å². The van der Waals surface area contributed by atoms with Crippen LogP contribution in [0.1, 0.15) is 37.2 Å². The highest BCUT2D eigenvalue weighted by atomic mass is 19.1. The third-order valence-corrected chi connectivity index (χ3v) is 4.61. The van der Waals surface area contributed by atoms with Gasteiger partial charge in [0, 0.05) is 17.4 Å². The number of H-pyrrole nitrogens is 1. The first-order valence-electron chi connectivity index (χ1n) is 8.98. The van der Waals surface area contributed by atoms with Crippen molar-refractivity contribution >= 4 is 28.5 Å². The molecule has 1 fully saturated rings. The third kappa shape index (κ3) is 4.04. The largest absolute Gasteiger partial charge is 0.461 e. The molecule has 140 valence electrons. The lowest BCUT2D eigenvalue weighted by Gasteiger charge is -2.30. The molecule has 0 bridgehead atoms. The Hall–Kier alpha value is -2.41. The monoisotopic (exact) mass is 361 g/mol. The first-order valence-corrected chi connectivity index (χ1v) is 8.98. The van der Waals surface area contributed by atoms with Crippen molar-refractivity contribution < 1.29 is 18.7 Å². The molecule has 7 heteroatoms. The fourth-order valence-electron chi connectivity index (χ4n) is 3.46. The van der Waals surface area contributed by atoms with Crippen LogP contribution in [-0.4, -0.2) is 48.0 Å². The number of fused-ring (bicyclic) bond motifs is 1. The van der Waals surface area contributed by atoms with Crippen LogP contribution in [0.5, 0.6) is 0 Å². The van der Waals surface area contributed by atoms with Crippen LogP contribution < -0.4 is 5.32 Å². The molecule has 3 rings (SSSR count). The van der Waals surface area contributed by atoms with Gasteiger partial charge in [-0.15, -0.1) is 0 Å². The number of halogens is 1. The summed E-state index contributed by atoms with van der Waals surface area (Å²) in [5.41, 5.74) is 0.970. The molecular weight excluding hydrogens is 337 g/mol. The van der Waals surface area contributed by atoms with Crippen LogP contribution in [0, 0.1) is 11.7 Å². The number of benzene rings is 1. The van der Waals surface area contributed by atoms with E-state index in [0.29, 0.717) is 16.8 Å². The average Bonchev–Trinajstić information content (AvgIpc) is 2.93. The fourth-order valence-corrected chi connectivity index (χ4v) is 3.46. The van der Waals surface area contributed by atoms with Gasteiger partial charge in [-0.25, -0.2) is 9.18 Å². The van der Waals surface area contributed by atoms with E-state index < -0.39 is 11.8 Å². The molecule has 1 atom stereocenters. The van der Waals surface area contributed by atoms with E-state index in [4.69, 9.17) is 4.74 Å². The molecule has 2 N–H and O–H groups in total. The number of hydrogen-bond acceptors (Lipinski definition) is 4. The van der Waals surface area contributed by atoms with Gasteiger partial charge in [-0.2, -0.15) is 0 Å². The van der Waals surface area contributed by atoms with E-state index in [1.54, 1.807) is 6.92 Å². The zero-order valence-corrected chi connectivity index (χ0v) is 15.1. The van der Waals surface area contributed by atoms with Gasteiger partial charge in [0.15, 0.2) is 0 Å². The number of esters is 1. The molecule has 0 radical (unpaired) electrons. The second-order valence-corrected chi connectivity index (χ2v) is 6.82. The van der Waals surface area contributed by atoms with E-state index in [-0.39, 0.29) is 30.4 Å². The maximum atomic E-state index is 13.7. The molecule has 0 spiro atoms. The lowest BCUT2D eigenvalue weighted by atomic mass is 10.0. The van der Waals surface area contributed by atoms with Gasteiger partial charge in [-0.3, -0.25) is 9.69 Å². The van der Waals surface area contributed by atoms with E-state index in [1.807, 2.05) is 0 Å². The number of ether oxygens (including phenoxy) is 1. The quantitative estimate of drug-likeness (QED) is 0.803. The number of rotatable bonds is 5. The van der Waals surface area contributed by atoms with Gasteiger partial charge in [0.05, 0.1) is 18.8 Å². The summed E-state index contributed by atoms with van der Waals surface area (Å²) in [4.78, 5) is 29.8. The van der Waals surface area contributed by atoms with Gasteiger partial charge in [0.1, 0.15) is 11.5 Å². The third-order valence-electron chi connectivity index (χ3n) is 4.61. The Balaban J connectivity index is 1.84. The van der Waals surface area contributed by atoms with Crippen LogP contribution in [0.3, 0.4) is 0 Å². The summed E-state index contributed by atoms with van der Waals surface area (Å²) in [6, 6.07) is 4.14. The number of hydrogen-bond donors (Lipinski definition) is 2. The standard InChI is InChI=1S/C19H24FN3O3/c1-3-26-19(25)18-17(14-9-13(20)6-7-15(14)21-18)22-16(24)11-23-8-4-5-12(2)10-23/h6-7,9,12,21H,3-5,8,10-11H2,1-2H3,(H,22,24). The zero-order valence-electron chi connectivity index (χ0n) is 15.1. The summed E-state index contributed by atoms with van der Waals surface area (Å²) in [5, 5.41) is 3.24. The van der Waals surface area contributed by atoms with Crippen molar-refractivity contribution in [2.24, 2.45) is 5.92 Å². The Morgan fingerprint density at radius 1 is 1.42 bits per heavy atom. The predicted molar refractivity (Wildman–Crippen MR) is 97.7 cm³/mol. The van der Waals surface area contributed by atoms with Gasteiger partial charge < -0.3 is 15.0 Å². The summed E-state index contributed by atoms with van der Waals surface area (Å²) in [6.07, 6.45) is 2.24. The number of nitrogens with one attached hydrogen (secondary N) is 2. The van der Waals surface area contributed by atoms with Gasteiger partial charge in [-0.1, -0.05) is 6.92 Å². The molecule has 0 saturated carbocycles. The van der Waals surface area contributed by atoms with Crippen molar-refractivity contribution in [2.45, 2.75) is 26.7 Å². The number of carbonyl (C=O) groups excluding carboxylic acids is 2. The van der Waals surface area contributed by atoms with E-state index >= 15 is 0 Å². The maximum absolute atomic E-state index is 13.7. The predicted octanol–water partition coefficient (Wildman–Crippen LogP) is 3.15. The van der Waals surface area contributed by atoms with Crippen molar-refractivity contribution in [1.82, 2.24) is 9.88 Å². The summed E-state index contributed by atoms with van der Waals surface area (Å²) in [7, 11) is 0. The summed E-state index contributed by atoms with van der Waals surface area (Å²) >= 11 is 0. The highest BCUT2D eigenvalue weighted by molar-refractivity contribution is 6.11. The average molecular weight is 361 g/mol. The molecule has 1 amide bonds.